The molecule has 0 bridgehead atoms. The molecule has 176 valence electrons. The third kappa shape index (κ3) is 5.02. The van der Waals surface area contributed by atoms with E-state index in [4.69, 9.17) is 28.6 Å². The van der Waals surface area contributed by atoms with E-state index in [0.717, 1.165) is 11.8 Å². The number of rotatable bonds is 8. The number of amides is 3. The molecule has 1 fully saturated rings. The Kier molecular flexibility index (Phi) is 7.67. The second-order valence-corrected chi connectivity index (χ2v) is 9.62. The molecule has 0 aromatic heterocycles. The highest BCUT2D eigenvalue weighted by atomic mass is 35.5. The number of thiocarbonyl (C=S) groups is 1. The molecule has 7 nitrogen and oxygen atoms in total. The predicted octanol–water partition coefficient (Wildman–Crippen LogP) is 4.32. The summed E-state index contributed by atoms with van der Waals surface area (Å²) in [6.07, 6.45) is 0.643. The van der Waals surface area contributed by atoms with Crippen LogP contribution in [0.4, 0.5) is 11.4 Å². The van der Waals surface area contributed by atoms with Crippen LogP contribution in [0, 0.1) is 0 Å². The van der Waals surface area contributed by atoms with Crippen molar-refractivity contribution >= 4 is 74.6 Å². The van der Waals surface area contributed by atoms with Gasteiger partial charge in [-0.2, -0.15) is 0 Å². The average Bonchev–Trinajstić information content (AvgIpc) is 3.25. The fourth-order valence-corrected chi connectivity index (χ4v) is 5.25. The third-order valence-electron chi connectivity index (χ3n) is 5.30. The van der Waals surface area contributed by atoms with Gasteiger partial charge in [0.15, 0.2) is 0 Å². The number of carbonyl (C=O) groups excluding carboxylic acids is 3. The molecule has 0 spiro atoms. The molecule has 2 aromatic rings. The molecule has 2 aromatic carbocycles. The summed E-state index contributed by atoms with van der Waals surface area (Å²) in [4.78, 5) is 42.5. The molecule has 0 atom stereocenters. The lowest BCUT2D eigenvalue weighted by atomic mass is 10.1. The SMILES string of the molecule is CCOCCCN1C(=O)C(=C2C(=O)N(CC(=O)Nc3ccc(Cl)cc3)c3ccccc32)SC1=S. The molecular formula is C24H22ClN3O4S2. The van der Waals surface area contributed by atoms with Crippen molar-refractivity contribution in [3.05, 3.63) is 64.0 Å². The van der Waals surface area contributed by atoms with Crippen LogP contribution in [0.3, 0.4) is 0 Å². The fraction of sp³-hybridized carbons (Fsp3) is 0.250. The number of benzene rings is 2. The molecule has 0 radical (unpaired) electrons. The van der Waals surface area contributed by atoms with Crippen molar-refractivity contribution in [3.63, 3.8) is 0 Å². The summed E-state index contributed by atoms with van der Waals surface area (Å²) in [6.45, 7) is 3.27. The Morgan fingerprint density at radius 3 is 2.56 bits per heavy atom. The van der Waals surface area contributed by atoms with Crippen LogP contribution >= 0.6 is 35.6 Å². The zero-order valence-electron chi connectivity index (χ0n) is 18.4. The summed E-state index contributed by atoms with van der Waals surface area (Å²) < 4.78 is 5.76. The summed E-state index contributed by atoms with van der Waals surface area (Å²) in [5.41, 5.74) is 2.04. The van der Waals surface area contributed by atoms with Crippen molar-refractivity contribution in [1.29, 1.82) is 0 Å². The third-order valence-corrected chi connectivity index (χ3v) is 7.00. The lowest BCUT2D eigenvalue weighted by Gasteiger charge is -2.17. The van der Waals surface area contributed by atoms with Crippen molar-refractivity contribution < 1.29 is 19.1 Å². The normalized spacial score (nSPS) is 17.5. The van der Waals surface area contributed by atoms with E-state index < -0.39 is 5.91 Å². The van der Waals surface area contributed by atoms with Gasteiger partial charge in [0.05, 0.1) is 16.2 Å². The van der Waals surface area contributed by atoms with Gasteiger partial charge in [0.1, 0.15) is 10.9 Å². The molecule has 0 saturated carbocycles. The maximum absolute atomic E-state index is 13.5. The molecule has 2 aliphatic rings. The minimum Gasteiger partial charge on any atom is -0.382 e. The molecule has 3 amide bonds. The highest BCUT2D eigenvalue weighted by Gasteiger charge is 2.42. The zero-order valence-corrected chi connectivity index (χ0v) is 20.8. The molecule has 10 heteroatoms. The van der Waals surface area contributed by atoms with Gasteiger partial charge in [0.2, 0.25) is 5.91 Å². The number of thioether (sulfide) groups is 1. The quantitative estimate of drug-likeness (QED) is 0.320. The fourth-order valence-electron chi connectivity index (χ4n) is 3.75. The first-order valence-corrected chi connectivity index (χ1v) is 12.3. The monoisotopic (exact) mass is 515 g/mol. The number of ether oxygens (including phenoxy) is 1. The van der Waals surface area contributed by atoms with E-state index in [1.165, 1.54) is 9.80 Å². The number of halogens is 1. The van der Waals surface area contributed by atoms with Gasteiger partial charge >= 0.3 is 0 Å². The van der Waals surface area contributed by atoms with Crippen LogP contribution in [0.1, 0.15) is 18.9 Å². The number of carbonyl (C=O) groups is 3. The highest BCUT2D eigenvalue weighted by molar-refractivity contribution is 8.26. The first-order chi connectivity index (χ1) is 16.4. The standard InChI is InChI=1S/C24H22ClN3O4S2/c1-2-32-13-5-12-27-23(31)21(34-24(27)33)20-17-6-3-4-7-18(17)28(22(20)30)14-19(29)26-16-10-8-15(25)9-11-16/h3-4,6-11H,2,5,12-14H2,1H3,(H,26,29). The van der Waals surface area contributed by atoms with Crippen molar-refractivity contribution in [1.82, 2.24) is 4.90 Å². The van der Waals surface area contributed by atoms with Crippen LogP contribution < -0.4 is 10.2 Å². The Balaban J connectivity index is 1.57. The van der Waals surface area contributed by atoms with Crippen molar-refractivity contribution in [2.45, 2.75) is 13.3 Å². The van der Waals surface area contributed by atoms with E-state index in [2.05, 4.69) is 5.32 Å². The van der Waals surface area contributed by atoms with Crippen LogP contribution in [0.15, 0.2) is 53.4 Å². The van der Waals surface area contributed by atoms with Gasteiger partial charge in [-0.25, -0.2) is 0 Å². The predicted molar refractivity (Wildman–Crippen MR) is 139 cm³/mol. The Morgan fingerprint density at radius 1 is 1.09 bits per heavy atom. The molecule has 2 heterocycles. The van der Waals surface area contributed by atoms with E-state index in [-0.39, 0.29) is 23.9 Å². The summed E-state index contributed by atoms with van der Waals surface area (Å²) in [6, 6.07) is 13.8. The highest BCUT2D eigenvalue weighted by Crippen LogP contribution is 2.44. The van der Waals surface area contributed by atoms with Crippen LogP contribution in [-0.2, 0) is 19.1 Å². The lowest BCUT2D eigenvalue weighted by Crippen LogP contribution is -2.35. The van der Waals surface area contributed by atoms with Crippen molar-refractivity contribution in [3.8, 4) is 0 Å². The average molecular weight is 516 g/mol. The number of nitrogens with one attached hydrogen (secondary N) is 1. The molecule has 0 unspecified atom stereocenters. The van der Waals surface area contributed by atoms with Gasteiger partial charge in [-0.15, -0.1) is 0 Å². The number of nitrogens with zero attached hydrogens (tertiary/aromatic N) is 2. The van der Waals surface area contributed by atoms with Crippen molar-refractivity contribution in [2.75, 3.05) is 36.5 Å². The topological polar surface area (TPSA) is 79.0 Å². The number of hydrogen-bond donors (Lipinski definition) is 1. The van der Waals surface area contributed by atoms with Gasteiger partial charge in [0.25, 0.3) is 11.8 Å². The summed E-state index contributed by atoms with van der Waals surface area (Å²) in [7, 11) is 0. The molecule has 2 aliphatic heterocycles. The van der Waals surface area contributed by atoms with Gasteiger partial charge in [0, 0.05) is 36.0 Å². The second-order valence-electron chi connectivity index (χ2n) is 7.54. The van der Waals surface area contributed by atoms with Gasteiger partial charge in [-0.3, -0.25) is 24.2 Å². The first-order valence-electron chi connectivity index (χ1n) is 10.7. The Labute approximate surface area is 212 Å². The molecule has 1 N–H and O–H groups in total. The number of hydrogen-bond acceptors (Lipinski definition) is 6. The number of anilines is 2. The number of fused-ring (bicyclic) bond motifs is 1. The Morgan fingerprint density at radius 2 is 1.82 bits per heavy atom. The van der Waals surface area contributed by atoms with Gasteiger partial charge in [-0.1, -0.05) is 53.8 Å². The Hall–Kier alpha value is -2.72. The van der Waals surface area contributed by atoms with Crippen molar-refractivity contribution in [2.24, 2.45) is 0 Å². The van der Waals surface area contributed by atoms with Crippen LogP contribution in [-0.4, -0.2) is 53.2 Å². The molecule has 34 heavy (non-hydrogen) atoms. The minimum atomic E-state index is -0.401. The van der Waals surface area contributed by atoms with E-state index >= 15 is 0 Å². The van der Waals surface area contributed by atoms with E-state index in [9.17, 15) is 14.4 Å². The summed E-state index contributed by atoms with van der Waals surface area (Å²) in [5.74, 6) is -1.06. The maximum atomic E-state index is 13.5. The minimum absolute atomic E-state index is 0.198. The smallest absolute Gasteiger partial charge is 0.267 e. The van der Waals surface area contributed by atoms with E-state index in [0.29, 0.717) is 57.4 Å². The van der Waals surface area contributed by atoms with Crippen LogP contribution in [0.25, 0.3) is 5.57 Å². The molecule has 4 rings (SSSR count). The lowest BCUT2D eigenvalue weighted by molar-refractivity contribution is -0.122. The largest absolute Gasteiger partial charge is 0.382 e. The maximum Gasteiger partial charge on any atom is 0.267 e. The van der Waals surface area contributed by atoms with Crippen LogP contribution in [0.5, 0.6) is 0 Å². The van der Waals surface area contributed by atoms with Crippen LogP contribution in [0.2, 0.25) is 5.02 Å². The number of para-hydroxylation sites is 1. The Bertz CT molecular complexity index is 1180. The zero-order chi connectivity index (χ0) is 24.2. The second kappa shape index (κ2) is 10.7. The van der Waals surface area contributed by atoms with E-state index in [1.54, 1.807) is 48.5 Å². The van der Waals surface area contributed by atoms with Gasteiger partial charge < -0.3 is 10.1 Å². The van der Waals surface area contributed by atoms with E-state index in [1.807, 2.05) is 6.92 Å². The first kappa shape index (κ1) is 24.4. The summed E-state index contributed by atoms with van der Waals surface area (Å²) in [5, 5.41) is 3.32. The molecule has 1 saturated heterocycles. The molecule has 0 aliphatic carbocycles. The molecular weight excluding hydrogens is 494 g/mol. The van der Waals surface area contributed by atoms with Gasteiger partial charge in [-0.05, 0) is 43.7 Å². The summed E-state index contributed by atoms with van der Waals surface area (Å²) >= 11 is 12.4.